The van der Waals surface area contributed by atoms with E-state index in [1.807, 2.05) is 6.08 Å². The Bertz CT molecular complexity index is 1330. The van der Waals surface area contributed by atoms with Crippen molar-refractivity contribution in [1.29, 1.82) is 0 Å². The molecule has 3 heterocycles. The van der Waals surface area contributed by atoms with Gasteiger partial charge in [-0.1, -0.05) is 26.3 Å². The molecule has 1 unspecified atom stereocenters. The SMILES string of the molecule is C1=COCCC1.C=C(C)C(=O)OCC(=O)CO.C=C(C)C(=O)OCC(=O)COC1CCCCO1.C=C(C)C(=O)OCC1(O)COC(O)(COC(=O)C(=C)C)OC1. The van der Waals surface area contributed by atoms with Gasteiger partial charge in [-0.25, -0.2) is 19.2 Å². The fourth-order valence-corrected chi connectivity index (χ4v) is 3.49. The van der Waals surface area contributed by atoms with Crippen molar-refractivity contribution in [2.45, 2.75) is 77.7 Å². The third-order valence-electron chi connectivity index (χ3n) is 6.68. The molecule has 0 aromatic heterocycles. The number of aliphatic hydroxyl groups excluding tert-OH is 1. The standard InChI is InChI=1S/C14H20O8.C12H18O5.C7H10O4.C5H8O/c1-9(2)11(15)19-5-13(17)6-21-14(18,22-7-13)8-20-12(16)10(3)4;1-9(2)12(14)17-8-10(13)7-16-11-5-3-4-6-15-11;1-5(2)7(10)11-4-6(9)3-8;1-2-4-6-5-3-1/h17-18H,1,3,5-8H2,2,4H3;11H,1,3-8H2,2H3;8H,1,3-4H2,2H3;2,4H,1,3,5H2. The molecular weight excluding hydrogens is 744 g/mol. The fourth-order valence-electron chi connectivity index (χ4n) is 3.49. The molecule has 0 bridgehead atoms. The first-order valence-corrected chi connectivity index (χ1v) is 17.4. The summed E-state index contributed by atoms with van der Waals surface area (Å²) in [6, 6.07) is 0. The molecule has 3 rings (SSSR count). The molecule has 56 heavy (non-hydrogen) atoms. The van der Waals surface area contributed by atoms with Crippen LogP contribution in [-0.2, 0) is 71.4 Å². The summed E-state index contributed by atoms with van der Waals surface area (Å²) >= 11 is 0. The van der Waals surface area contributed by atoms with Crippen molar-refractivity contribution in [3.8, 4) is 0 Å². The number of esters is 4. The van der Waals surface area contributed by atoms with Gasteiger partial charge in [-0.3, -0.25) is 9.59 Å². The van der Waals surface area contributed by atoms with Crippen molar-refractivity contribution in [2.24, 2.45) is 0 Å². The lowest BCUT2D eigenvalue weighted by molar-refractivity contribution is -0.420. The van der Waals surface area contributed by atoms with Gasteiger partial charge < -0.3 is 58.0 Å². The molecule has 3 aliphatic rings. The molecule has 0 aromatic carbocycles. The van der Waals surface area contributed by atoms with Crippen LogP contribution in [0.15, 0.2) is 60.9 Å². The second kappa shape index (κ2) is 27.9. The molecule has 18 heteroatoms. The highest BCUT2D eigenvalue weighted by Gasteiger charge is 2.45. The van der Waals surface area contributed by atoms with Crippen molar-refractivity contribution in [2.75, 3.05) is 66.1 Å². The Hall–Kier alpha value is -4.56. The molecule has 316 valence electrons. The Labute approximate surface area is 326 Å². The first-order chi connectivity index (χ1) is 26.2. The average molecular weight is 801 g/mol. The lowest BCUT2D eigenvalue weighted by Gasteiger charge is -2.39. The minimum atomic E-state index is -2.17. The van der Waals surface area contributed by atoms with E-state index in [1.165, 1.54) is 40.5 Å². The fraction of sp³-hybridized carbons (Fsp3) is 0.579. The maximum atomic E-state index is 11.3. The molecule has 0 spiro atoms. The zero-order valence-electron chi connectivity index (χ0n) is 32.6. The highest BCUT2D eigenvalue weighted by molar-refractivity contribution is 5.90. The summed E-state index contributed by atoms with van der Waals surface area (Å²) in [5.41, 5.74) is -0.771. The van der Waals surface area contributed by atoms with Crippen molar-refractivity contribution >= 4 is 35.4 Å². The third-order valence-corrected chi connectivity index (χ3v) is 6.68. The molecule has 1 atom stereocenters. The van der Waals surface area contributed by atoms with E-state index in [2.05, 4.69) is 31.1 Å². The highest BCUT2D eigenvalue weighted by atomic mass is 16.8. The van der Waals surface area contributed by atoms with Crippen molar-refractivity contribution < 1.29 is 86.7 Å². The summed E-state index contributed by atoms with van der Waals surface area (Å²) in [5.74, 6) is -5.54. The Morgan fingerprint density at radius 1 is 0.679 bits per heavy atom. The summed E-state index contributed by atoms with van der Waals surface area (Å²) in [7, 11) is 0. The first kappa shape index (κ1) is 51.4. The van der Waals surface area contributed by atoms with Crippen LogP contribution in [0.1, 0.15) is 59.8 Å². The average Bonchev–Trinajstić information content (AvgIpc) is 3.19. The van der Waals surface area contributed by atoms with Crippen LogP contribution in [0.4, 0.5) is 0 Å². The predicted molar refractivity (Wildman–Crippen MR) is 196 cm³/mol. The summed E-state index contributed by atoms with van der Waals surface area (Å²) in [6.45, 7) is 17.9. The Balaban J connectivity index is 0.000000784. The van der Waals surface area contributed by atoms with Gasteiger partial charge in [0, 0.05) is 28.9 Å². The van der Waals surface area contributed by atoms with E-state index in [-0.39, 0.29) is 74.0 Å². The molecule has 0 aliphatic carbocycles. The minimum Gasteiger partial charge on any atom is -0.502 e. The zero-order chi connectivity index (χ0) is 42.7. The van der Waals surface area contributed by atoms with E-state index in [1.54, 1.807) is 6.26 Å². The largest absolute Gasteiger partial charge is 0.502 e. The number of aliphatic hydroxyl groups is 3. The van der Waals surface area contributed by atoms with Crippen molar-refractivity contribution in [3.05, 3.63) is 60.9 Å². The molecule has 0 amide bonds. The molecule has 2 saturated heterocycles. The number of carbonyl (C=O) groups is 6. The second-order valence-electron chi connectivity index (χ2n) is 12.7. The van der Waals surface area contributed by atoms with Crippen LogP contribution in [0.3, 0.4) is 0 Å². The molecule has 0 radical (unpaired) electrons. The number of hydrogen-bond acceptors (Lipinski definition) is 18. The van der Waals surface area contributed by atoms with Gasteiger partial charge in [-0.15, -0.1) is 0 Å². The van der Waals surface area contributed by atoms with Crippen LogP contribution >= 0.6 is 0 Å². The van der Waals surface area contributed by atoms with E-state index in [0.29, 0.717) is 6.61 Å². The van der Waals surface area contributed by atoms with E-state index >= 15 is 0 Å². The molecular formula is C38H56O18. The van der Waals surface area contributed by atoms with Crippen LogP contribution in [-0.4, -0.2) is 135 Å². The summed E-state index contributed by atoms with van der Waals surface area (Å²) in [5, 5.41) is 28.2. The number of carbonyl (C=O) groups excluding carboxylic acids is 6. The van der Waals surface area contributed by atoms with E-state index < -0.39 is 54.4 Å². The molecule has 0 saturated carbocycles. The molecule has 0 aromatic rings. The molecule has 2 fully saturated rings. The lowest BCUT2D eigenvalue weighted by atomic mass is 10.1. The van der Waals surface area contributed by atoms with Crippen LogP contribution in [0.5, 0.6) is 0 Å². The highest BCUT2D eigenvalue weighted by Crippen LogP contribution is 2.23. The summed E-state index contributed by atoms with van der Waals surface area (Å²) in [6.07, 6.45) is 8.78. The predicted octanol–water partition coefficient (Wildman–Crippen LogP) is 1.84. The summed E-state index contributed by atoms with van der Waals surface area (Å²) < 4.78 is 44.0. The normalized spacial score (nSPS) is 20.8. The lowest BCUT2D eigenvalue weighted by Crippen LogP contribution is -2.57. The smallest absolute Gasteiger partial charge is 0.333 e. The van der Waals surface area contributed by atoms with Gasteiger partial charge in [0.15, 0.2) is 37.7 Å². The van der Waals surface area contributed by atoms with Gasteiger partial charge >= 0.3 is 29.9 Å². The van der Waals surface area contributed by atoms with Crippen LogP contribution in [0, 0.1) is 0 Å². The number of allylic oxidation sites excluding steroid dienone is 1. The summed E-state index contributed by atoms with van der Waals surface area (Å²) in [4.78, 5) is 65.8. The molecule has 18 nitrogen and oxygen atoms in total. The molecule has 3 aliphatic heterocycles. The van der Waals surface area contributed by atoms with Gasteiger partial charge in [-0.2, -0.15) is 0 Å². The van der Waals surface area contributed by atoms with E-state index in [9.17, 15) is 39.0 Å². The minimum absolute atomic E-state index is 0.0891. The first-order valence-electron chi connectivity index (χ1n) is 17.4. The monoisotopic (exact) mass is 800 g/mol. The maximum Gasteiger partial charge on any atom is 0.333 e. The van der Waals surface area contributed by atoms with Crippen molar-refractivity contribution in [3.63, 3.8) is 0 Å². The Kier molecular flexibility index (Phi) is 25.7. The van der Waals surface area contributed by atoms with Gasteiger partial charge in [0.25, 0.3) is 0 Å². The number of Topliss-reactive ketones (excluding diaryl/α,β-unsaturated/α-hetero) is 2. The van der Waals surface area contributed by atoms with Crippen LogP contribution in [0.25, 0.3) is 0 Å². The van der Waals surface area contributed by atoms with Gasteiger partial charge in [0.2, 0.25) is 0 Å². The molecule has 3 N–H and O–H groups in total. The number of rotatable bonds is 16. The topological polar surface area (TPSA) is 246 Å². The number of ketones is 2. The third kappa shape index (κ3) is 24.8. The quantitative estimate of drug-likeness (QED) is 0.114. The number of ether oxygens (including phenoxy) is 9. The van der Waals surface area contributed by atoms with E-state index in [4.69, 9.17) is 43.0 Å². The van der Waals surface area contributed by atoms with Gasteiger partial charge in [-0.05, 0) is 65.9 Å². The van der Waals surface area contributed by atoms with Crippen LogP contribution in [0.2, 0.25) is 0 Å². The zero-order valence-corrected chi connectivity index (χ0v) is 32.6. The second-order valence-corrected chi connectivity index (χ2v) is 12.7. The number of hydrogen-bond donors (Lipinski definition) is 3. The maximum absolute atomic E-state index is 11.3. The van der Waals surface area contributed by atoms with Gasteiger partial charge in [0.05, 0.1) is 26.1 Å². The Morgan fingerprint density at radius 2 is 1.18 bits per heavy atom. The Morgan fingerprint density at radius 3 is 1.57 bits per heavy atom. The van der Waals surface area contributed by atoms with E-state index in [0.717, 1.165) is 25.9 Å². The van der Waals surface area contributed by atoms with Crippen LogP contribution < -0.4 is 0 Å². The van der Waals surface area contributed by atoms with Crippen molar-refractivity contribution in [1.82, 2.24) is 0 Å². The van der Waals surface area contributed by atoms with Gasteiger partial charge in [0.1, 0.15) is 25.4 Å².